The van der Waals surface area contributed by atoms with Gasteiger partial charge in [0.1, 0.15) is 0 Å². The number of carbonyl (C=O) groups is 1. The van der Waals surface area contributed by atoms with Crippen molar-refractivity contribution < 1.29 is 4.79 Å². The fraction of sp³-hybridized carbons (Fsp3) is 0.933. The molecule has 108 valence electrons. The van der Waals surface area contributed by atoms with E-state index in [-0.39, 0.29) is 6.03 Å². The van der Waals surface area contributed by atoms with Gasteiger partial charge in [0.2, 0.25) is 0 Å². The summed E-state index contributed by atoms with van der Waals surface area (Å²) in [7, 11) is 3.55. The van der Waals surface area contributed by atoms with Crippen LogP contribution in [0.2, 0.25) is 0 Å². The third kappa shape index (κ3) is 2.47. The van der Waals surface area contributed by atoms with Crippen LogP contribution in [0.1, 0.15) is 32.1 Å². The maximum atomic E-state index is 11.4. The van der Waals surface area contributed by atoms with Crippen LogP contribution in [0.15, 0.2) is 0 Å². The molecule has 4 heteroatoms. The summed E-state index contributed by atoms with van der Waals surface area (Å²) in [5.41, 5.74) is 0. The third-order valence-electron chi connectivity index (χ3n) is 5.64. The summed E-state index contributed by atoms with van der Waals surface area (Å²) in [6.07, 6.45) is 7.29. The fourth-order valence-electron chi connectivity index (χ4n) is 4.89. The third-order valence-corrected chi connectivity index (χ3v) is 5.64. The second kappa shape index (κ2) is 5.31. The van der Waals surface area contributed by atoms with E-state index in [1.54, 1.807) is 19.0 Å². The molecule has 5 unspecified atom stereocenters. The van der Waals surface area contributed by atoms with E-state index in [9.17, 15) is 4.79 Å². The Hall–Kier alpha value is -0.770. The van der Waals surface area contributed by atoms with Crippen molar-refractivity contribution in [1.29, 1.82) is 0 Å². The predicted octanol–water partition coefficient (Wildman–Crippen LogP) is 1.67. The maximum Gasteiger partial charge on any atom is 0.316 e. The van der Waals surface area contributed by atoms with E-state index in [4.69, 9.17) is 0 Å². The Kier molecular flexibility index (Phi) is 3.70. The van der Waals surface area contributed by atoms with Crippen molar-refractivity contribution in [2.24, 2.45) is 23.7 Å². The average molecular weight is 265 g/mol. The fourth-order valence-corrected chi connectivity index (χ4v) is 4.89. The molecule has 4 nitrogen and oxygen atoms in total. The van der Waals surface area contributed by atoms with Gasteiger partial charge in [0.25, 0.3) is 0 Å². The van der Waals surface area contributed by atoms with Crippen LogP contribution in [0.5, 0.6) is 0 Å². The Morgan fingerprint density at radius 2 is 1.89 bits per heavy atom. The molecule has 3 saturated carbocycles. The van der Waals surface area contributed by atoms with Crippen molar-refractivity contribution in [3.63, 3.8) is 0 Å². The number of amides is 2. The highest BCUT2D eigenvalue weighted by atomic mass is 16.2. The molecule has 0 aromatic rings. The Balaban J connectivity index is 1.39. The van der Waals surface area contributed by atoms with Crippen LogP contribution in [0.4, 0.5) is 4.79 Å². The van der Waals surface area contributed by atoms with Gasteiger partial charge in [-0.1, -0.05) is 6.42 Å². The number of urea groups is 1. The average Bonchev–Trinajstić information content (AvgIpc) is 3.05. The lowest BCUT2D eigenvalue weighted by Crippen LogP contribution is -2.44. The minimum atomic E-state index is 0.00518. The van der Waals surface area contributed by atoms with Gasteiger partial charge in [0, 0.05) is 33.2 Å². The van der Waals surface area contributed by atoms with E-state index < -0.39 is 0 Å². The summed E-state index contributed by atoms with van der Waals surface area (Å²) < 4.78 is 0. The minimum absolute atomic E-state index is 0.00518. The molecule has 0 aromatic carbocycles. The Morgan fingerprint density at radius 1 is 1.11 bits per heavy atom. The summed E-state index contributed by atoms with van der Waals surface area (Å²) >= 11 is 0. The van der Waals surface area contributed by atoms with Gasteiger partial charge in [-0.3, -0.25) is 0 Å². The minimum Gasteiger partial charge on any atom is -0.337 e. The van der Waals surface area contributed by atoms with Gasteiger partial charge >= 0.3 is 6.03 Å². The number of nitrogens with one attached hydrogen (secondary N) is 2. The first kappa shape index (κ1) is 13.2. The van der Waals surface area contributed by atoms with Crippen molar-refractivity contribution in [3.05, 3.63) is 0 Å². The first-order valence-corrected chi connectivity index (χ1v) is 7.85. The smallest absolute Gasteiger partial charge is 0.316 e. The zero-order valence-corrected chi connectivity index (χ0v) is 12.2. The standard InChI is InChI=1S/C15H27N3O/c1-18(2)15(19)17-7-6-16-14-9-10-8-13(14)12-5-3-4-11(10)12/h10-14,16H,3-9H2,1-2H3,(H,17,19). The second-order valence-corrected chi connectivity index (χ2v) is 6.84. The van der Waals surface area contributed by atoms with Crippen molar-refractivity contribution in [2.45, 2.75) is 38.1 Å². The molecule has 3 aliphatic rings. The number of rotatable bonds is 4. The number of carbonyl (C=O) groups excluding carboxylic acids is 1. The zero-order valence-electron chi connectivity index (χ0n) is 12.2. The van der Waals surface area contributed by atoms with Crippen LogP contribution in [-0.2, 0) is 0 Å². The highest BCUT2D eigenvalue weighted by molar-refractivity contribution is 5.73. The predicted molar refractivity (Wildman–Crippen MR) is 75.9 cm³/mol. The monoisotopic (exact) mass is 265 g/mol. The summed E-state index contributed by atoms with van der Waals surface area (Å²) in [6.45, 7) is 1.64. The van der Waals surface area contributed by atoms with E-state index >= 15 is 0 Å². The summed E-state index contributed by atoms with van der Waals surface area (Å²) in [4.78, 5) is 13.0. The van der Waals surface area contributed by atoms with Crippen LogP contribution < -0.4 is 10.6 Å². The summed E-state index contributed by atoms with van der Waals surface area (Å²) in [6, 6.07) is 0.728. The van der Waals surface area contributed by atoms with Crippen molar-refractivity contribution in [2.75, 3.05) is 27.2 Å². The number of nitrogens with zero attached hydrogens (tertiary/aromatic N) is 1. The van der Waals surface area contributed by atoms with Gasteiger partial charge in [-0.05, 0) is 49.4 Å². The molecule has 0 aromatic heterocycles. The van der Waals surface area contributed by atoms with Crippen LogP contribution in [-0.4, -0.2) is 44.2 Å². The highest BCUT2D eigenvalue weighted by Crippen LogP contribution is 2.58. The van der Waals surface area contributed by atoms with Crippen LogP contribution in [0.25, 0.3) is 0 Å². The first-order valence-electron chi connectivity index (χ1n) is 7.85. The molecule has 3 fully saturated rings. The molecule has 0 saturated heterocycles. The molecule has 0 aliphatic heterocycles. The Labute approximate surface area is 116 Å². The molecule has 5 atom stereocenters. The highest BCUT2D eigenvalue weighted by Gasteiger charge is 2.53. The molecule has 0 spiro atoms. The van der Waals surface area contributed by atoms with E-state index in [0.29, 0.717) is 0 Å². The van der Waals surface area contributed by atoms with Gasteiger partial charge in [0.15, 0.2) is 0 Å². The second-order valence-electron chi connectivity index (χ2n) is 6.84. The molecular weight excluding hydrogens is 238 g/mol. The summed E-state index contributed by atoms with van der Waals surface area (Å²) in [5.74, 6) is 4.03. The largest absolute Gasteiger partial charge is 0.337 e. The lowest BCUT2D eigenvalue weighted by molar-refractivity contribution is 0.206. The van der Waals surface area contributed by atoms with E-state index in [2.05, 4.69) is 10.6 Å². The van der Waals surface area contributed by atoms with Crippen molar-refractivity contribution in [1.82, 2.24) is 15.5 Å². The number of fused-ring (bicyclic) bond motifs is 5. The van der Waals surface area contributed by atoms with Crippen LogP contribution in [0.3, 0.4) is 0 Å². The Bertz CT molecular complexity index is 344. The van der Waals surface area contributed by atoms with Gasteiger partial charge in [-0.2, -0.15) is 0 Å². The normalized spacial score (nSPS) is 39.4. The topological polar surface area (TPSA) is 44.4 Å². The van der Waals surface area contributed by atoms with E-state index in [0.717, 1.165) is 42.8 Å². The molecule has 0 heterocycles. The molecule has 0 radical (unpaired) electrons. The molecule has 3 aliphatic carbocycles. The lowest BCUT2D eigenvalue weighted by Gasteiger charge is -2.32. The van der Waals surface area contributed by atoms with Crippen LogP contribution >= 0.6 is 0 Å². The lowest BCUT2D eigenvalue weighted by atomic mass is 9.79. The molecule has 3 rings (SSSR count). The van der Waals surface area contributed by atoms with Gasteiger partial charge in [-0.25, -0.2) is 4.79 Å². The van der Waals surface area contributed by atoms with Crippen molar-refractivity contribution >= 4 is 6.03 Å². The first-order chi connectivity index (χ1) is 9.16. The van der Waals surface area contributed by atoms with Crippen LogP contribution in [0, 0.1) is 23.7 Å². The SMILES string of the molecule is CN(C)C(=O)NCCNC1CC2CC1C1CCCC21. The molecule has 2 amide bonds. The summed E-state index contributed by atoms with van der Waals surface area (Å²) in [5, 5.41) is 6.61. The van der Waals surface area contributed by atoms with Gasteiger partial charge in [0.05, 0.1) is 0 Å². The quantitative estimate of drug-likeness (QED) is 0.760. The molecule has 19 heavy (non-hydrogen) atoms. The maximum absolute atomic E-state index is 11.4. The van der Waals surface area contributed by atoms with Gasteiger partial charge in [-0.15, -0.1) is 0 Å². The van der Waals surface area contributed by atoms with E-state index in [1.165, 1.54) is 32.1 Å². The van der Waals surface area contributed by atoms with Gasteiger partial charge < -0.3 is 15.5 Å². The van der Waals surface area contributed by atoms with Crippen molar-refractivity contribution in [3.8, 4) is 0 Å². The zero-order chi connectivity index (χ0) is 13.4. The number of hydrogen-bond acceptors (Lipinski definition) is 2. The van der Waals surface area contributed by atoms with E-state index in [1.807, 2.05) is 0 Å². The molecular formula is C15H27N3O. The Morgan fingerprint density at radius 3 is 2.68 bits per heavy atom. The molecule has 2 N–H and O–H groups in total. The number of hydrogen-bond donors (Lipinski definition) is 2. The molecule has 2 bridgehead atoms.